The number of carbonyl (C=O) groups excluding carboxylic acids is 1. The number of urea groups is 1. The van der Waals surface area contributed by atoms with Gasteiger partial charge in [0.25, 0.3) is 0 Å². The van der Waals surface area contributed by atoms with Crippen molar-refractivity contribution in [3.05, 3.63) is 60.2 Å². The maximum Gasteiger partial charge on any atom is 0.416 e. The zero-order valence-corrected chi connectivity index (χ0v) is 18.9. The van der Waals surface area contributed by atoms with Crippen molar-refractivity contribution in [2.75, 3.05) is 33.3 Å². The van der Waals surface area contributed by atoms with Crippen LogP contribution < -0.4 is 14.8 Å². The summed E-state index contributed by atoms with van der Waals surface area (Å²) in [7, 11) is 1.52. The number of nitrogens with one attached hydrogen (secondary N) is 1. The zero-order valence-electron chi connectivity index (χ0n) is 18.9. The van der Waals surface area contributed by atoms with Crippen molar-refractivity contribution in [3.8, 4) is 17.2 Å². The minimum atomic E-state index is -4.51. The second-order valence-electron chi connectivity index (χ2n) is 8.04. The lowest BCUT2D eigenvalue weighted by molar-refractivity contribution is -0.137. The van der Waals surface area contributed by atoms with E-state index in [2.05, 4.69) is 16.9 Å². The van der Waals surface area contributed by atoms with Crippen LogP contribution in [0.1, 0.15) is 18.1 Å². The summed E-state index contributed by atoms with van der Waals surface area (Å²) in [4.78, 5) is 20.8. The van der Waals surface area contributed by atoms with Gasteiger partial charge in [-0.3, -0.25) is 0 Å². The molecule has 1 fully saturated rings. The molecule has 1 N–H and O–H groups in total. The Hall–Kier alpha value is -3.69. The molecule has 0 saturated carbocycles. The molecule has 2 aliphatic heterocycles. The van der Waals surface area contributed by atoms with E-state index in [1.807, 2.05) is 11.8 Å². The van der Waals surface area contributed by atoms with Crippen LogP contribution >= 0.6 is 0 Å². The predicted octanol–water partition coefficient (Wildman–Crippen LogP) is 4.80. The fraction of sp³-hybridized carbons (Fsp3) is 0.333. The number of rotatable bonds is 3. The van der Waals surface area contributed by atoms with Crippen LogP contribution in [-0.4, -0.2) is 61.0 Å². The second-order valence-corrected chi connectivity index (χ2v) is 8.04. The van der Waals surface area contributed by atoms with Crippen molar-refractivity contribution in [1.29, 1.82) is 0 Å². The van der Waals surface area contributed by atoms with Gasteiger partial charge in [-0.15, -0.1) is 6.58 Å². The third-order valence-corrected chi connectivity index (χ3v) is 5.75. The summed E-state index contributed by atoms with van der Waals surface area (Å²) in [5, 5.41) is 2.78. The van der Waals surface area contributed by atoms with Crippen LogP contribution in [-0.2, 0) is 6.18 Å². The van der Waals surface area contributed by atoms with Gasteiger partial charge in [0.1, 0.15) is 23.0 Å². The summed E-state index contributed by atoms with van der Waals surface area (Å²) in [5.74, 6) is 1.67. The summed E-state index contributed by atoms with van der Waals surface area (Å²) < 4.78 is 51.4. The molecular weight excluding hydrogens is 449 g/mol. The number of methoxy groups -OCH3 is 1. The molecule has 1 unspecified atom stereocenters. The predicted molar refractivity (Wildman–Crippen MR) is 122 cm³/mol. The average Bonchev–Trinajstić information content (AvgIpc) is 2.97. The largest absolute Gasteiger partial charge is 0.497 e. The van der Waals surface area contributed by atoms with E-state index >= 15 is 0 Å². The van der Waals surface area contributed by atoms with Crippen LogP contribution in [0, 0.1) is 0 Å². The Morgan fingerprint density at radius 2 is 2.06 bits per heavy atom. The van der Waals surface area contributed by atoms with Gasteiger partial charge in [-0.05, 0) is 37.3 Å². The molecule has 34 heavy (non-hydrogen) atoms. The number of piperazine rings is 1. The molecule has 0 bridgehead atoms. The quantitative estimate of drug-likeness (QED) is 0.649. The van der Waals surface area contributed by atoms with E-state index in [9.17, 15) is 18.0 Å². The van der Waals surface area contributed by atoms with Crippen LogP contribution in [0.25, 0.3) is 0 Å². The van der Waals surface area contributed by atoms with Gasteiger partial charge in [-0.2, -0.15) is 13.2 Å². The summed E-state index contributed by atoms with van der Waals surface area (Å²) >= 11 is 0. The van der Waals surface area contributed by atoms with Gasteiger partial charge in [-0.1, -0.05) is 6.08 Å². The zero-order chi connectivity index (χ0) is 24.5. The van der Waals surface area contributed by atoms with E-state index in [1.165, 1.54) is 13.2 Å². The number of nitrogens with zero attached hydrogens (tertiary/aromatic N) is 3. The highest BCUT2D eigenvalue weighted by atomic mass is 19.4. The molecule has 2 heterocycles. The first-order valence-corrected chi connectivity index (χ1v) is 10.8. The Morgan fingerprint density at radius 3 is 2.74 bits per heavy atom. The van der Waals surface area contributed by atoms with E-state index < -0.39 is 11.7 Å². The lowest BCUT2D eigenvalue weighted by atomic mass is 10.1. The van der Waals surface area contributed by atoms with Gasteiger partial charge in [0, 0.05) is 38.3 Å². The van der Waals surface area contributed by atoms with Crippen molar-refractivity contribution in [3.63, 3.8) is 0 Å². The summed E-state index contributed by atoms with van der Waals surface area (Å²) in [6.07, 6.45) is -2.90. The number of amidine groups is 1. The molecule has 1 atom stereocenters. The third kappa shape index (κ3) is 4.66. The number of hydrogen-bond acceptors (Lipinski definition) is 5. The molecule has 1 saturated heterocycles. The lowest BCUT2D eigenvalue weighted by Gasteiger charge is -2.41. The number of carbonyl (C=O) groups is 1. The Balaban J connectivity index is 1.72. The standard InChI is InChI=1S/C24H25F3N4O3/c1-4-9-28-23(32)31-11-10-30(14-15(31)2)22-18-7-6-17(33-3)13-21(18)34-20-8-5-16(24(25,26)27)12-19(20)29-22/h4-8,12-13,15H,1,9-11,14H2,2-3H3,(H,28,32). The fourth-order valence-electron chi connectivity index (χ4n) is 4.01. The monoisotopic (exact) mass is 474 g/mol. The first-order chi connectivity index (χ1) is 16.2. The molecule has 2 aromatic rings. The highest BCUT2D eigenvalue weighted by Crippen LogP contribution is 2.42. The second kappa shape index (κ2) is 9.28. The van der Waals surface area contributed by atoms with E-state index in [1.54, 1.807) is 29.2 Å². The molecule has 0 radical (unpaired) electrons. The SMILES string of the molecule is C=CCNC(=O)N1CCN(C2=Nc3cc(C(F)(F)F)ccc3Oc3cc(OC)ccc32)CC1C. The van der Waals surface area contributed by atoms with Crippen molar-refractivity contribution in [1.82, 2.24) is 15.1 Å². The minimum absolute atomic E-state index is 0.0822. The van der Waals surface area contributed by atoms with Crippen LogP contribution in [0.15, 0.2) is 54.0 Å². The molecule has 2 aromatic carbocycles. The van der Waals surface area contributed by atoms with Gasteiger partial charge in [0.05, 0.1) is 18.2 Å². The van der Waals surface area contributed by atoms with E-state index in [-0.39, 0.29) is 23.5 Å². The lowest BCUT2D eigenvalue weighted by Crippen LogP contribution is -2.57. The van der Waals surface area contributed by atoms with Gasteiger partial charge in [0.15, 0.2) is 5.75 Å². The van der Waals surface area contributed by atoms with Crippen molar-refractivity contribution in [2.45, 2.75) is 19.1 Å². The number of alkyl halides is 3. The van der Waals surface area contributed by atoms with E-state index in [4.69, 9.17) is 9.47 Å². The maximum absolute atomic E-state index is 13.4. The number of amides is 2. The van der Waals surface area contributed by atoms with Gasteiger partial charge in [-0.25, -0.2) is 9.79 Å². The van der Waals surface area contributed by atoms with Crippen LogP contribution in [0.2, 0.25) is 0 Å². The molecule has 0 aromatic heterocycles. The summed E-state index contributed by atoms with van der Waals surface area (Å²) in [6, 6.07) is 8.09. The average molecular weight is 474 g/mol. The molecule has 7 nitrogen and oxygen atoms in total. The fourth-order valence-corrected chi connectivity index (χ4v) is 4.01. The number of hydrogen-bond donors (Lipinski definition) is 1. The molecule has 2 amide bonds. The van der Waals surface area contributed by atoms with Gasteiger partial charge in [0.2, 0.25) is 0 Å². The smallest absolute Gasteiger partial charge is 0.416 e. The number of fused-ring (bicyclic) bond motifs is 2. The summed E-state index contributed by atoms with van der Waals surface area (Å²) in [6.45, 7) is 7.20. The Morgan fingerprint density at radius 1 is 1.26 bits per heavy atom. The Labute approximate surface area is 195 Å². The maximum atomic E-state index is 13.4. The molecular formula is C24H25F3N4O3. The molecule has 10 heteroatoms. The van der Waals surface area contributed by atoms with E-state index in [0.717, 1.165) is 12.1 Å². The highest BCUT2D eigenvalue weighted by molar-refractivity contribution is 6.04. The van der Waals surface area contributed by atoms with Crippen molar-refractivity contribution >= 4 is 17.6 Å². The first-order valence-electron chi connectivity index (χ1n) is 10.8. The van der Waals surface area contributed by atoms with Gasteiger partial charge < -0.3 is 24.6 Å². The number of aliphatic imine (C=N–C) groups is 1. The van der Waals surface area contributed by atoms with Crippen molar-refractivity contribution < 1.29 is 27.4 Å². The topological polar surface area (TPSA) is 66.4 Å². The highest BCUT2D eigenvalue weighted by Gasteiger charge is 2.34. The molecule has 2 aliphatic rings. The number of halogens is 3. The minimum Gasteiger partial charge on any atom is -0.497 e. The van der Waals surface area contributed by atoms with E-state index in [0.29, 0.717) is 49.1 Å². The third-order valence-electron chi connectivity index (χ3n) is 5.75. The summed E-state index contributed by atoms with van der Waals surface area (Å²) in [5.41, 5.74) is -0.0975. The number of ether oxygens (including phenoxy) is 2. The molecule has 0 spiro atoms. The number of benzene rings is 2. The first kappa shape index (κ1) is 23.5. The molecule has 180 valence electrons. The normalized spacial score (nSPS) is 17.6. The van der Waals surface area contributed by atoms with Crippen LogP contribution in [0.3, 0.4) is 0 Å². The van der Waals surface area contributed by atoms with Crippen LogP contribution in [0.4, 0.5) is 23.7 Å². The van der Waals surface area contributed by atoms with Crippen molar-refractivity contribution in [2.24, 2.45) is 4.99 Å². The molecule has 4 rings (SSSR count). The van der Waals surface area contributed by atoms with Gasteiger partial charge >= 0.3 is 12.2 Å². The Bertz CT molecular complexity index is 1130. The Kier molecular flexibility index (Phi) is 6.41. The molecule has 0 aliphatic carbocycles. The van der Waals surface area contributed by atoms with Crippen LogP contribution in [0.5, 0.6) is 17.2 Å².